The lowest BCUT2D eigenvalue weighted by Gasteiger charge is -2.12. The molecule has 0 radical (unpaired) electrons. The van der Waals surface area contributed by atoms with Gasteiger partial charge in [-0.25, -0.2) is 13.2 Å². The summed E-state index contributed by atoms with van der Waals surface area (Å²) in [4.78, 5) is 13.3. The largest absolute Gasteiger partial charge is 0.462 e. The van der Waals surface area contributed by atoms with Gasteiger partial charge in [0.15, 0.2) is 0 Å². The Labute approximate surface area is 209 Å². The quantitative estimate of drug-likeness (QED) is 0.249. The van der Waals surface area contributed by atoms with E-state index < -0.39 is 16.0 Å². The molecule has 5 aromatic rings. The molecule has 4 aromatic carbocycles. The summed E-state index contributed by atoms with van der Waals surface area (Å²) in [7, 11) is -3.88. The van der Waals surface area contributed by atoms with Crippen LogP contribution in [0.3, 0.4) is 0 Å². The molecule has 0 bridgehead atoms. The molecule has 6 nitrogen and oxygen atoms in total. The first kappa shape index (κ1) is 23.6. The van der Waals surface area contributed by atoms with Crippen LogP contribution in [0.25, 0.3) is 33.1 Å². The average molecular weight is 500 g/mol. The third kappa shape index (κ3) is 4.22. The summed E-state index contributed by atoms with van der Waals surface area (Å²) in [6.07, 6.45) is 0.815. The predicted octanol–water partition coefficient (Wildman–Crippen LogP) is 6.79. The molecule has 1 aromatic heterocycles. The van der Waals surface area contributed by atoms with Gasteiger partial charge in [-0.1, -0.05) is 73.7 Å². The lowest BCUT2D eigenvalue weighted by atomic mass is 10.0. The molecule has 5 rings (SSSR count). The summed E-state index contributed by atoms with van der Waals surface area (Å²) in [5.41, 5.74) is 2.87. The van der Waals surface area contributed by atoms with E-state index >= 15 is 0 Å². The Bertz CT molecular complexity index is 1670. The van der Waals surface area contributed by atoms with E-state index in [4.69, 9.17) is 9.15 Å². The second-order valence-electron chi connectivity index (χ2n) is 8.34. The Morgan fingerprint density at radius 1 is 0.861 bits per heavy atom. The summed E-state index contributed by atoms with van der Waals surface area (Å²) in [5.74, 6) is -0.154. The monoisotopic (exact) mass is 499 g/mol. The van der Waals surface area contributed by atoms with Crippen LogP contribution in [0.4, 0.5) is 5.69 Å². The SMILES string of the molecule is CCOC(=O)c1c(-c2ccccc2)oc2c1cc(NS(=O)(=O)c1ccc(CC)cc1)c1ccccc12. The van der Waals surface area contributed by atoms with Gasteiger partial charge >= 0.3 is 5.97 Å². The highest BCUT2D eigenvalue weighted by Gasteiger charge is 2.26. The van der Waals surface area contributed by atoms with Crippen molar-refractivity contribution in [1.82, 2.24) is 0 Å². The summed E-state index contributed by atoms with van der Waals surface area (Å²) >= 11 is 0. The van der Waals surface area contributed by atoms with Gasteiger partial charge in [0.25, 0.3) is 10.0 Å². The van der Waals surface area contributed by atoms with Crippen LogP contribution in [0, 0.1) is 0 Å². The van der Waals surface area contributed by atoms with Crippen molar-refractivity contribution in [3.63, 3.8) is 0 Å². The van der Waals surface area contributed by atoms with Crippen LogP contribution in [0.15, 0.2) is 94.2 Å². The van der Waals surface area contributed by atoms with E-state index in [1.165, 1.54) is 0 Å². The van der Waals surface area contributed by atoms with Crippen molar-refractivity contribution in [3.8, 4) is 11.3 Å². The number of benzene rings is 4. The number of hydrogen-bond donors (Lipinski definition) is 1. The van der Waals surface area contributed by atoms with Gasteiger partial charge in [-0.05, 0) is 37.1 Å². The van der Waals surface area contributed by atoms with Crippen LogP contribution in [0.1, 0.15) is 29.8 Å². The summed E-state index contributed by atoms with van der Waals surface area (Å²) in [6, 6.07) is 25.1. The standard InChI is InChI=1S/C29H25NO5S/c1-3-19-14-16-21(17-15-19)36(32,33)30-25-18-24-26(29(31)34-4-2)27(20-10-6-5-7-11-20)35-28(24)23-13-9-8-12-22(23)25/h5-18,30H,3-4H2,1-2H3. The number of aryl methyl sites for hydroxylation is 1. The highest BCUT2D eigenvalue weighted by Crippen LogP contribution is 2.41. The number of nitrogens with one attached hydrogen (secondary N) is 1. The minimum atomic E-state index is -3.88. The molecular weight excluding hydrogens is 474 g/mol. The van der Waals surface area contributed by atoms with Crippen LogP contribution in [-0.2, 0) is 21.2 Å². The van der Waals surface area contributed by atoms with Crippen molar-refractivity contribution in [2.45, 2.75) is 25.2 Å². The molecule has 0 aliphatic carbocycles. The van der Waals surface area contributed by atoms with Crippen molar-refractivity contribution in [2.75, 3.05) is 11.3 Å². The maximum absolute atomic E-state index is 13.3. The Morgan fingerprint density at radius 2 is 1.53 bits per heavy atom. The van der Waals surface area contributed by atoms with Gasteiger partial charge in [-0.3, -0.25) is 4.72 Å². The van der Waals surface area contributed by atoms with E-state index in [1.54, 1.807) is 37.3 Å². The zero-order chi connectivity index (χ0) is 25.3. The van der Waals surface area contributed by atoms with Crippen LogP contribution < -0.4 is 4.72 Å². The topological polar surface area (TPSA) is 85.6 Å². The molecule has 0 fully saturated rings. The van der Waals surface area contributed by atoms with Gasteiger partial charge in [0.1, 0.15) is 16.9 Å². The molecular formula is C29H25NO5S. The molecule has 36 heavy (non-hydrogen) atoms. The molecule has 1 N–H and O–H groups in total. The first-order chi connectivity index (χ1) is 17.4. The smallest absolute Gasteiger partial charge is 0.342 e. The number of esters is 1. The van der Waals surface area contributed by atoms with Gasteiger partial charge in [0, 0.05) is 21.7 Å². The van der Waals surface area contributed by atoms with E-state index in [9.17, 15) is 13.2 Å². The maximum atomic E-state index is 13.3. The fourth-order valence-corrected chi connectivity index (χ4v) is 5.38. The molecule has 0 aliphatic heterocycles. The van der Waals surface area contributed by atoms with Gasteiger partial charge in [-0.15, -0.1) is 0 Å². The van der Waals surface area contributed by atoms with E-state index in [0.717, 1.165) is 17.5 Å². The Morgan fingerprint density at radius 3 is 2.19 bits per heavy atom. The van der Waals surface area contributed by atoms with Gasteiger partial charge in [0.2, 0.25) is 0 Å². The molecule has 0 atom stereocenters. The predicted molar refractivity (Wildman–Crippen MR) is 142 cm³/mol. The number of carbonyl (C=O) groups is 1. The highest BCUT2D eigenvalue weighted by atomic mass is 32.2. The number of furan rings is 1. The molecule has 182 valence electrons. The second-order valence-corrected chi connectivity index (χ2v) is 10.0. The number of anilines is 1. The van der Waals surface area contributed by atoms with Crippen LogP contribution in [-0.4, -0.2) is 21.0 Å². The van der Waals surface area contributed by atoms with E-state index in [1.807, 2.05) is 61.5 Å². The van der Waals surface area contributed by atoms with Crippen LogP contribution in [0.2, 0.25) is 0 Å². The molecule has 1 heterocycles. The lowest BCUT2D eigenvalue weighted by Crippen LogP contribution is -2.13. The zero-order valence-electron chi connectivity index (χ0n) is 19.9. The molecule has 0 aliphatic rings. The van der Waals surface area contributed by atoms with E-state index in [-0.39, 0.29) is 17.1 Å². The number of ether oxygens (including phenoxy) is 1. The fraction of sp³-hybridized carbons (Fsp3) is 0.138. The van der Waals surface area contributed by atoms with Gasteiger partial charge in [-0.2, -0.15) is 0 Å². The average Bonchev–Trinajstić information content (AvgIpc) is 3.29. The number of rotatable bonds is 7. The van der Waals surface area contributed by atoms with Gasteiger partial charge in [0.05, 0.1) is 17.2 Å². The molecule has 0 amide bonds. The molecule has 0 spiro atoms. The maximum Gasteiger partial charge on any atom is 0.342 e. The molecule has 0 unspecified atom stereocenters. The van der Waals surface area contributed by atoms with Crippen molar-refractivity contribution in [2.24, 2.45) is 0 Å². The van der Waals surface area contributed by atoms with E-state index in [2.05, 4.69) is 4.72 Å². The van der Waals surface area contributed by atoms with Crippen molar-refractivity contribution in [1.29, 1.82) is 0 Å². The number of hydrogen-bond acceptors (Lipinski definition) is 5. The van der Waals surface area contributed by atoms with Crippen molar-refractivity contribution < 1.29 is 22.4 Å². The second kappa shape index (κ2) is 9.51. The Balaban J connectivity index is 1.74. The Kier molecular flexibility index (Phi) is 6.24. The molecule has 7 heteroatoms. The normalized spacial score (nSPS) is 11.6. The summed E-state index contributed by atoms with van der Waals surface area (Å²) < 4.78 is 41.0. The molecule has 0 saturated carbocycles. The number of sulfonamides is 1. The highest BCUT2D eigenvalue weighted by molar-refractivity contribution is 7.92. The van der Waals surface area contributed by atoms with Crippen LogP contribution >= 0.6 is 0 Å². The summed E-state index contributed by atoms with van der Waals surface area (Å²) in [6.45, 7) is 3.94. The number of fused-ring (bicyclic) bond motifs is 3. The third-order valence-electron chi connectivity index (χ3n) is 6.10. The fourth-order valence-electron chi connectivity index (χ4n) is 4.31. The first-order valence-electron chi connectivity index (χ1n) is 11.8. The van der Waals surface area contributed by atoms with E-state index in [0.29, 0.717) is 33.2 Å². The molecule has 0 saturated heterocycles. The van der Waals surface area contributed by atoms with Crippen molar-refractivity contribution in [3.05, 3.63) is 96.1 Å². The first-order valence-corrected chi connectivity index (χ1v) is 13.2. The zero-order valence-corrected chi connectivity index (χ0v) is 20.8. The number of carbonyl (C=O) groups excluding carboxylic acids is 1. The minimum Gasteiger partial charge on any atom is -0.462 e. The Hall–Kier alpha value is -4.10. The summed E-state index contributed by atoms with van der Waals surface area (Å²) in [5, 5.41) is 1.81. The lowest BCUT2D eigenvalue weighted by molar-refractivity contribution is 0.0528. The van der Waals surface area contributed by atoms with Crippen molar-refractivity contribution >= 4 is 43.4 Å². The minimum absolute atomic E-state index is 0.159. The van der Waals surface area contributed by atoms with Crippen LogP contribution in [0.5, 0.6) is 0 Å². The van der Waals surface area contributed by atoms with Gasteiger partial charge < -0.3 is 9.15 Å². The third-order valence-corrected chi connectivity index (χ3v) is 7.48.